The summed E-state index contributed by atoms with van der Waals surface area (Å²) in [7, 11) is 0. The van der Waals surface area contributed by atoms with Crippen molar-refractivity contribution in [1.82, 2.24) is 0 Å². The number of nitrogens with two attached hydrogens (primary N) is 4. The van der Waals surface area contributed by atoms with Crippen LogP contribution in [0.4, 0.5) is 22.7 Å². The predicted octanol–water partition coefficient (Wildman–Crippen LogP) is 5.62. The first-order valence-corrected chi connectivity index (χ1v) is 10.6. The summed E-state index contributed by atoms with van der Waals surface area (Å²) in [6.07, 6.45) is 0.917. The molecular formula is C28H32N4. The first-order chi connectivity index (χ1) is 15.2. The summed E-state index contributed by atoms with van der Waals surface area (Å²) in [4.78, 5) is 0. The average Bonchev–Trinajstić information content (AvgIpc) is 2.78. The highest BCUT2D eigenvalue weighted by atomic mass is 14.5. The second-order valence-corrected chi connectivity index (χ2v) is 8.53. The third-order valence-electron chi connectivity index (χ3n) is 5.63. The van der Waals surface area contributed by atoms with Crippen molar-refractivity contribution < 1.29 is 0 Å². The second kappa shape index (κ2) is 9.92. The number of hydrogen-bond acceptors (Lipinski definition) is 4. The van der Waals surface area contributed by atoms with E-state index in [0.29, 0.717) is 0 Å². The van der Waals surface area contributed by atoms with Crippen LogP contribution in [0.3, 0.4) is 0 Å². The van der Waals surface area contributed by atoms with Crippen LogP contribution in [0.2, 0.25) is 0 Å². The molecule has 0 aliphatic heterocycles. The Bertz CT molecular complexity index is 1020. The summed E-state index contributed by atoms with van der Waals surface area (Å²) >= 11 is 0. The van der Waals surface area contributed by atoms with E-state index in [1.54, 1.807) is 0 Å². The molecule has 0 heterocycles. The largest absolute Gasteiger partial charge is 0.399 e. The maximum absolute atomic E-state index is 5.71. The molecule has 0 atom stereocenters. The van der Waals surface area contributed by atoms with E-state index in [4.69, 9.17) is 22.9 Å². The van der Waals surface area contributed by atoms with E-state index in [1.165, 1.54) is 22.3 Å². The smallest absolute Gasteiger partial charge is 0.0314 e. The van der Waals surface area contributed by atoms with Crippen LogP contribution in [-0.4, -0.2) is 0 Å². The molecule has 0 fully saturated rings. The molecule has 4 aromatic rings. The molecule has 0 bridgehead atoms. The second-order valence-electron chi connectivity index (χ2n) is 8.53. The molecule has 164 valence electrons. The number of anilines is 4. The Labute approximate surface area is 190 Å². The summed E-state index contributed by atoms with van der Waals surface area (Å²) in [6, 6.07) is 31.9. The molecule has 4 rings (SSSR count). The third kappa shape index (κ3) is 6.05. The highest BCUT2D eigenvalue weighted by molar-refractivity contribution is 5.48. The molecule has 32 heavy (non-hydrogen) atoms. The Hall–Kier alpha value is -3.92. The fourth-order valence-electron chi connectivity index (χ4n) is 3.47. The van der Waals surface area contributed by atoms with E-state index in [0.717, 1.165) is 29.2 Å². The van der Waals surface area contributed by atoms with Gasteiger partial charge in [-0.25, -0.2) is 0 Å². The van der Waals surface area contributed by atoms with E-state index in [-0.39, 0.29) is 5.41 Å². The Morgan fingerprint density at radius 2 is 0.688 bits per heavy atom. The zero-order valence-electron chi connectivity index (χ0n) is 18.8. The van der Waals surface area contributed by atoms with Crippen molar-refractivity contribution in [2.24, 2.45) is 0 Å². The van der Waals surface area contributed by atoms with Crippen LogP contribution in [-0.2, 0) is 11.8 Å². The normalized spacial score (nSPS) is 10.8. The van der Waals surface area contributed by atoms with E-state index < -0.39 is 0 Å². The van der Waals surface area contributed by atoms with Gasteiger partial charge in [-0.3, -0.25) is 0 Å². The summed E-state index contributed by atoms with van der Waals surface area (Å²) in [5.74, 6) is 0. The molecule has 0 unspecified atom stereocenters. The minimum atomic E-state index is -0.0403. The molecule has 4 aromatic carbocycles. The van der Waals surface area contributed by atoms with Crippen molar-refractivity contribution in [3.63, 3.8) is 0 Å². The van der Waals surface area contributed by atoms with E-state index in [2.05, 4.69) is 38.1 Å². The van der Waals surface area contributed by atoms with Gasteiger partial charge in [-0.1, -0.05) is 62.4 Å². The van der Waals surface area contributed by atoms with Crippen LogP contribution in [0.1, 0.15) is 36.1 Å². The van der Waals surface area contributed by atoms with Crippen LogP contribution >= 0.6 is 0 Å². The van der Waals surface area contributed by atoms with Crippen molar-refractivity contribution in [2.45, 2.75) is 25.7 Å². The van der Waals surface area contributed by atoms with Gasteiger partial charge in [0.25, 0.3) is 0 Å². The maximum atomic E-state index is 5.71. The van der Waals surface area contributed by atoms with Gasteiger partial charge in [0.2, 0.25) is 0 Å². The molecule has 0 saturated carbocycles. The van der Waals surface area contributed by atoms with Gasteiger partial charge in [0.15, 0.2) is 0 Å². The Balaban J connectivity index is 0.000000182. The number of benzene rings is 4. The lowest BCUT2D eigenvalue weighted by molar-refractivity contribution is 0.641. The zero-order chi connectivity index (χ0) is 23.1. The summed E-state index contributed by atoms with van der Waals surface area (Å²) in [6.45, 7) is 4.40. The molecule has 0 aliphatic carbocycles. The Kier molecular flexibility index (Phi) is 7.06. The number of rotatable bonds is 4. The van der Waals surface area contributed by atoms with Crippen molar-refractivity contribution >= 4 is 22.7 Å². The van der Waals surface area contributed by atoms with Gasteiger partial charge in [-0.15, -0.1) is 0 Å². The van der Waals surface area contributed by atoms with E-state index in [9.17, 15) is 0 Å². The summed E-state index contributed by atoms with van der Waals surface area (Å²) < 4.78 is 0. The van der Waals surface area contributed by atoms with Crippen LogP contribution in [0, 0.1) is 0 Å². The Morgan fingerprint density at radius 1 is 0.438 bits per heavy atom. The van der Waals surface area contributed by atoms with Crippen LogP contribution < -0.4 is 22.9 Å². The van der Waals surface area contributed by atoms with E-state index >= 15 is 0 Å². The molecule has 0 amide bonds. The fraction of sp³-hybridized carbons (Fsp3) is 0.143. The van der Waals surface area contributed by atoms with Crippen LogP contribution in [0.15, 0.2) is 97.1 Å². The minimum Gasteiger partial charge on any atom is -0.399 e. The lowest BCUT2D eigenvalue weighted by Gasteiger charge is -2.26. The average molecular weight is 425 g/mol. The first-order valence-electron chi connectivity index (χ1n) is 10.6. The van der Waals surface area contributed by atoms with Crippen molar-refractivity contribution in [3.05, 3.63) is 119 Å². The fourth-order valence-corrected chi connectivity index (χ4v) is 3.47. The predicted molar refractivity (Wildman–Crippen MR) is 138 cm³/mol. The quantitative estimate of drug-likeness (QED) is 0.319. The first kappa shape index (κ1) is 22.8. The monoisotopic (exact) mass is 424 g/mol. The van der Waals surface area contributed by atoms with Crippen molar-refractivity contribution in [2.75, 3.05) is 22.9 Å². The molecule has 4 heteroatoms. The lowest BCUT2D eigenvalue weighted by Crippen LogP contribution is -2.18. The third-order valence-corrected chi connectivity index (χ3v) is 5.63. The summed E-state index contributed by atoms with van der Waals surface area (Å²) in [5.41, 5.74) is 30.8. The summed E-state index contributed by atoms with van der Waals surface area (Å²) in [5, 5.41) is 0. The molecule has 8 N–H and O–H groups in total. The molecule has 0 aliphatic rings. The number of hydrogen-bond donors (Lipinski definition) is 4. The molecule has 0 saturated heterocycles. The highest BCUT2D eigenvalue weighted by Crippen LogP contribution is 2.32. The molecule has 0 spiro atoms. The molecule has 0 radical (unpaired) electrons. The van der Waals surface area contributed by atoms with Gasteiger partial charge in [-0.2, -0.15) is 0 Å². The van der Waals surface area contributed by atoms with Gasteiger partial charge >= 0.3 is 0 Å². The van der Waals surface area contributed by atoms with Gasteiger partial charge in [0.05, 0.1) is 0 Å². The topological polar surface area (TPSA) is 104 Å². The molecule has 0 aromatic heterocycles. The standard InChI is InChI=1S/C15H18N2.C13H14N2/c1-15(2,11-3-7-13(16)8-4-11)12-5-9-14(17)10-6-12;14-12-5-1-10(2-6-12)9-11-3-7-13(15)8-4-11/h3-10H,16-17H2,1-2H3;1-8H,9,14-15H2. The highest BCUT2D eigenvalue weighted by Gasteiger charge is 2.22. The van der Waals surface area contributed by atoms with Gasteiger partial charge < -0.3 is 22.9 Å². The van der Waals surface area contributed by atoms with Crippen molar-refractivity contribution in [1.29, 1.82) is 0 Å². The van der Waals surface area contributed by atoms with Crippen LogP contribution in [0.5, 0.6) is 0 Å². The SMILES string of the molecule is CC(C)(c1ccc(N)cc1)c1ccc(N)cc1.Nc1ccc(Cc2ccc(N)cc2)cc1. The number of nitrogen functional groups attached to an aromatic ring is 4. The van der Waals surface area contributed by atoms with Gasteiger partial charge in [0.1, 0.15) is 0 Å². The molecular weight excluding hydrogens is 392 g/mol. The lowest BCUT2D eigenvalue weighted by atomic mass is 9.78. The van der Waals surface area contributed by atoms with Gasteiger partial charge in [0, 0.05) is 28.2 Å². The van der Waals surface area contributed by atoms with E-state index in [1.807, 2.05) is 72.8 Å². The van der Waals surface area contributed by atoms with Gasteiger partial charge in [-0.05, 0) is 77.2 Å². The van der Waals surface area contributed by atoms with Crippen molar-refractivity contribution in [3.8, 4) is 0 Å². The zero-order valence-corrected chi connectivity index (χ0v) is 18.8. The Morgan fingerprint density at radius 3 is 0.969 bits per heavy atom. The maximum Gasteiger partial charge on any atom is 0.0314 e. The van der Waals surface area contributed by atoms with Crippen LogP contribution in [0.25, 0.3) is 0 Å². The molecule has 4 nitrogen and oxygen atoms in total. The minimum absolute atomic E-state index is 0.0403.